The molecule has 24 heteroatoms. The first kappa shape index (κ1) is 87.1. The molecule has 0 aliphatic heterocycles. The van der Waals surface area contributed by atoms with Crippen LogP contribution < -0.4 is 20.7 Å². The van der Waals surface area contributed by atoms with Gasteiger partial charge in [0, 0.05) is 48.3 Å². The smallest absolute Gasteiger partial charge is 0.235 e. The largest absolute Gasteiger partial charge is 0.476 e. The molecule has 12 aromatic rings. The van der Waals surface area contributed by atoms with Gasteiger partial charge in [-0.15, -0.1) is 0 Å². The molecule has 0 radical (unpaired) electrons. The summed E-state index contributed by atoms with van der Waals surface area (Å²) in [5.74, 6) is 3.39. The standard InChI is InChI=1S/2C23H27N3O2S.C22H25N3O2S.C22H24N2O3S/c2*1-16(2)29(27,28)21-12-10-20(11-13-21)22-15-24-18(4)23(26-22)25-14-17(3)19-8-6-5-7-9-19;1-16(2)28(26,27)20-11-9-19(10-12-20)21-15-24-17(3)22(25-21)23-14-13-18-7-5-4-6-8-18;1-16(2)28(25,26)20-11-9-19(10-12-20)21-15-23-17(3)22(24-21)27-14-13-18-7-5-4-6-8-18/h2*5-13,15-17H,14H2,1-4H3,(H,25,26);4-12,15-16H,13-14H2,1-3H3,(H,23,25);4-12,15-16H,13-14H2,1-3H3/t2*17-;;/m11../s1. The topological polar surface area (TPSA) is 285 Å². The van der Waals surface area contributed by atoms with Crippen LogP contribution in [0.3, 0.4) is 0 Å². The number of aryl methyl sites for hydroxylation is 4. The van der Waals surface area contributed by atoms with Crippen LogP contribution in [0, 0.1) is 27.7 Å². The molecule has 2 atom stereocenters. The van der Waals surface area contributed by atoms with Gasteiger partial charge in [-0.2, -0.15) is 0 Å². The summed E-state index contributed by atoms with van der Waals surface area (Å²) in [6.07, 6.45) is 8.50. The van der Waals surface area contributed by atoms with E-state index < -0.39 is 60.3 Å². The number of hydrogen-bond donors (Lipinski definition) is 3. The molecular weight excluding hydrogens is 1510 g/mol. The molecule has 0 saturated heterocycles. The van der Waals surface area contributed by atoms with Crippen LogP contribution >= 0.6 is 0 Å². The highest BCUT2D eigenvalue weighted by atomic mass is 32.2. The van der Waals surface area contributed by atoms with Crippen LogP contribution in [0.15, 0.2) is 263 Å². The normalized spacial score (nSPS) is 12.2. The predicted octanol–water partition coefficient (Wildman–Crippen LogP) is 18.2. The second-order valence-electron chi connectivity index (χ2n) is 28.8. The van der Waals surface area contributed by atoms with Crippen molar-refractivity contribution in [2.75, 3.05) is 42.2 Å². The zero-order valence-electron chi connectivity index (χ0n) is 67.2. The molecule has 3 N–H and O–H groups in total. The van der Waals surface area contributed by atoms with Crippen LogP contribution in [0.5, 0.6) is 5.88 Å². The molecule has 4 heterocycles. The molecule has 0 unspecified atom stereocenters. The first-order valence-electron chi connectivity index (χ1n) is 38.1. The molecule has 0 saturated carbocycles. The van der Waals surface area contributed by atoms with Gasteiger partial charge in [-0.1, -0.05) is 184 Å². The van der Waals surface area contributed by atoms with Crippen molar-refractivity contribution in [2.24, 2.45) is 0 Å². The Morgan fingerprint density at radius 3 is 0.868 bits per heavy atom. The minimum atomic E-state index is -3.29. The lowest BCUT2D eigenvalue weighted by Gasteiger charge is -2.15. The molecule has 114 heavy (non-hydrogen) atoms. The fourth-order valence-corrected chi connectivity index (χ4v) is 15.7. The zero-order chi connectivity index (χ0) is 82.3. The Balaban J connectivity index is 0.000000174. The summed E-state index contributed by atoms with van der Waals surface area (Å²) in [4.78, 5) is 37.7. The van der Waals surface area contributed by atoms with Crippen molar-refractivity contribution in [1.82, 2.24) is 39.9 Å². The first-order valence-corrected chi connectivity index (χ1v) is 44.3. The second-order valence-corrected chi connectivity index (χ2v) is 38.8. The van der Waals surface area contributed by atoms with Gasteiger partial charge in [0.2, 0.25) is 5.88 Å². The first-order chi connectivity index (χ1) is 54.3. The van der Waals surface area contributed by atoms with Gasteiger partial charge in [0.1, 0.15) is 17.5 Å². The summed E-state index contributed by atoms with van der Waals surface area (Å²) in [5.41, 5.74) is 14.3. The number of nitrogens with one attached hydrogen (secondary N) is 3. The monoisotopic (exact) mass is 1610 g/mol. The van der Waals surface area contributed by atoms with Crippen LogP contribution in [-0.4, -0.2) is 121 Å². The average Bonchev–Trinajstić information content (AvgIpc) is 0.822. The van der Waals surface area contributed by atoms with Gasteiger partial charge in [-0.05, 0) is 172 Å². The van der Waals surface area contributed by atoms with Crippen molar-refractivity contribution in [3.8, 4) is 50.9 Å². The third-order valence-electron chi connectivity index (χ3n) is 19.1. The van der Waals surface area contributed by atoms with E-state index in [1.54, 1.807) is 177 Å². The average molecular weight is 1610 g/mol. The van der Waals surface area contributed by atoms with Gasteiger partial charge >= 0.3 is 0 Å². The minimum absolute atomic E-state index is 0.311. The van der Waals surface area contributed by atoms with Gasteiger partial charge in [-0.25, -0.2) is 53.6 Å². The molecule has 0 bridgehead atoms. The number of aromatic nitrogens is 8. The van der Waals surface area contributed by atoms with Crippen molar-refractivity contribution in [2.45, 2.75) is 162 Å². The highest BCUT2D eigenvalue weighted by Crippen LogP contribution is 2.30. The van der Waals surface area contributed by atoms with Gasteiger partial charge in [0.15, 0.2) is 39.3 Å². The highest BCUT2D eigenvalue weighted by Gasteiger charge is 2.24. The van der Waals surface area contributed by atoms with E-state index in [-0.39, 0.29) is 0 Å². The van der Waals surface area contributed by atoms with Crippen molar-refractivity contribution in [1.29, 1.82) is 0 Å². The van der Waals surface area contributed by atoms with Gasteiger partial charge in [0.25, 0.3) is 0 Å². The predicted molar refractivity (Wildman–Crippen MR) is 459 cm³/mol. The third kappa shape index (κ3) is 23.6. The van der Waals surface area contributed by atoms with Crippen LogP contribution in [0.2, 0.25) is 0 Å². The van der Waals surface area contributed by atoms with E-state index in [1.165, 1.54) is 22.3 Å². The molecule has 0 fully saturated rings. The maximum absolute atomic E-state index is 12.3. The number of sulfone groups is 4. The summed E-state index contributed by atoms with van der Waals surface area (Å²) in [5, 5.41) is 8.36. The Hall–Kier alpha value is -10.9. The van der Waals surface area contributed by atoms with E-state index in [1.807, 2.05) is 100 Å². The highest BCUT2D eigenvalue weighted by molar-refractivity contribution is 7.92. The summed E-state index contributed by atoms with van der Waals surface area (Å²) >= 11 is 0. The second kappa shape index (κ2) is 40.2. The van der Waals surface area contributed by atoms with E-state index >= 15 is 0 Å². The zero-order valence-corrected chi connectivity index (χ0v) is 70.5. The fourth-order valence-electron chi connectivity index (χ4n) is 11.5. The number of rotatable bonds is 28. The van der Waals surface area contributed by atoms with Crippen LogP contribution in [0.25, 0.3) is 45.0 Å². The minimum Gasteiger partial charge on any atom is -0.476 e. The van der Waals surface area contributed by atoms with Gasteiger partial charge in [-0.3, -0.25) is 19.9 Å². The van der Waals surface area contributed by atoms with E-state index in [4.69, 9.17) is 14.7 Å². The van der Waals surface area contributed by atoms with Crippen molar-refractivity contribution in [3.05, 3.63) is 288 Å². The summed E-state index contributed by atoms with van der Waals surface area (Å²) in [7, 11) is -13.1. The van der Waals surface area contributed by atoms with Crippen LogP contribution in [-0.2, 0) is 52.2 Å². The Labute approximate surface area is 674 Å². The molecule has 12 rings (SSSR count). The van der Waals surface area contributed by atoms with Gasteiger partial charge in [0.05, 0.1) is 118 Å². The van der Waals surface area contributed by atoms with E-state index in [9.17, 15) is 33.7 Å². The summed E-state index contributed by atoms with van der Waals surface area (Å²) < 4.78 is 104. The van der Waals surface area contributed by atoms with E-state index in [2.05, 4.69) is 108 Å². The fraction of sp³-hybridized carbons (Fsp3) is 0.289. The van der Waals surface area contributed by atoms with Crippen molar-refractivity contribution < 1.29 is 38.4 Å². The molecule has 0 aliphatic rings. The molecular formula is C90H103N11O9S4. The van der Waals surface area contributed by atoms with E-state index in [0.717, 1.165) is 95.0 Å². The van der Waals surface area contributed by atoms with Crippen molar-refractivity contribution in [3.63, 3.8) is 0 Å². The number of ether oxygens (including phenoxy) is 1. The lowest BCUT2D eigenvalue weighted by atomic mass is 10.0. The Bertz CT molecular complexity index is 5240. The quantitative estimate of drug-likeness (QED) is 0.0411. The Kier molecular flexibility index (Phi) is 30.7. The molecule has 0 aliphatic carbocycles. The molecule has 4 aromatic heterocycles. The summed E-state index contributed by atoms with van der Waals surface area (Å²) in [6, 6.07) is 68.3. The lowest BCUT2D eigenvalue weighted by molar-refractivity contribution is 0.306. The Morgan fingerprint density at radius 1 is 0.307 bits per heavy atom. The molecule has 596 valence electrons. The SMILES string of the molecule is Cc1ncc(-c2ccc(S(=O)(=O)C(C)C)cc2)nc1NCCc1ccccc1.Cc1ncc(-c2ccc(S(=O)(=O)C(C)C)cc2)nc1NC[C@@H](C)c1ccccc1.Cc1ncc(-c2ccc(S(=O)(=O)C(C)C)cc2)nc1NC[C@@H](C)c1ccccc1.Cc1ncc(-c2ccc(S(=O)(=O)C(C)C)cc2)nc1OCCc1ccccc1. The number of nitrogens with zero attached hydrogens (tertiary/aromatic N) is 8. The molecule has 0 spiro atoms. The lowest BCUT2D eigenvalue weighted by Crippen LogP contribution is -2.14. The maximum atomic E-state index is 12.3. The third-order valence-corrected chi connectivity index (χ3v) is 27.8. The molecule has 8 aromatic carbocycles. The Morgan fingerprint density at radius 2 is 0.570 bits per heavy atom. The van der Waals surface area contributed by atoms with E-state index in [0.29, 0.717) is 66.7 Å². The maximum Gasteiger partial charge on any atom is 0.235 e. The molecule has 20 nitrogen and oxygen atoms in total. The van der Waals surface area contributed by atoms with Crippen molar-refractivity contribution >= 4 is 56.8 Å². The van der Waals surface area contributed by atoms with Gasteiger partial charge < -0.3 is 20.7 Å². The molecule has 0 amide bonds. The summed E-state index contributed by atoms with van der Waals surface area (Å²) in [6.45, 7) is 28.2. The number of benzene rings is 8. The van der Waals surface area contributed by atoms with Crippen LogP contribution in [0.1, 0.15) is 126 Å². The van der Waals surface area contributed by atoms with Crippen LogP contribution in [0.4, 0.5) is 17.5 Å². The number of hydrogen-bond acceptors (Lipinski definition) is 20. The number of anilines is 3.